The maximum absolute atomic E-state index is 14.1. The molecule has 0 atom stereocenters. The molecular formula is C15H10FNO3S. The Balaban J connectivity index is 1.99. The number of halogens is 1. The van der Waals surface area contributed by atoms with E-state index in [0.717, 1.165) is 11.0 Å². The number of nitrogens with one attached hydrogen (secondary N) is 1. The second-order valence-corrected chi connectivity index (χ2v) is 5.45. The third-order valence-electron chi connectivity index (χ3n) is 3.06. The van der Waals surface area contributed by atoms with Crippen molar-refractivity contribution < 1.29 is 18.7 Å². The Morgan fingerprint density at radius 3 is 2.67 bits per heavy atom. The molecule has 21 heavy (non-hydrogen) atoms. The molecule has 0 fully saturated rings. The van der Waals surface area contributed by atoms with Crippen LogP contribution in [0.25, 0.3) is 0 Å². The van der Waals surface area contributed by atoms with Crippen LogP contribution in [0.1, 0.15) is 10.4 Å². The quantitative estimate of drug-likeness (QED) is 0.885. The van der Waals surface area contributed by atoms with Gasteiger partial charge in [0, 0.05) is 0 Å². The van der Waals surface area contributed by atoms with Gasteiger partial charge in [0.25, 0.3) is 11.7 Å². The Labute approximate surface area is 124 Å². The van der Waals surface area contributed by atoms with Crippen LogP contribution < -0.4 is 10.1 Å². The van der Waals surface area contributed by atoms with Crippen LogP contribution in [-0.4, -0.2) is 18.8 Å². The first-order valence-electron chi connectivity index (χ1n) is 6.10. The molecule has 0 aromatic heterocycles. The van der Waals surface area contributed by atoms with Gasteiger partial charge in [-0.15, -0.1) is 0 Å². The zero-order valence-electron chi connectivity index (χ0n) is 11.0. The average molecular weight is 303 g/mol. The van der Waals surface area contributed by atoms with Crippen molar-refractivity contribution in [2.45, 2.75) is 9.79 Å². The Morgan fingerprint density at radius 2 is 1.90 bits per heavy atom. The number of carbonyl (C=O) groups excluding carboxylic acids is 2. The van der Waals surface area contributed by atoms with Crippen molar-refractivity contribution in [1.29, 1.82) is 0 Å². The van der Waals surface area contributed by atoms with Crippen molar-refractivity contribution in [1.82, 2.24) is 0 Å². The topological polar surface area (TPSA) is 55.4 Å². The largest absolute Gasteiger partial charge is 0.496 e. The zero-order valence-corrected chi connectivity index (χ0v) is 11.8. The fraction of sp³-hybridized carbons (Fsp3) is 0.0667. The fourth-order valence-electron chi connectivity index (χ4n) is 2.05. The molecule has 1 aliphatic rings. The number of ketones is 1. The standard InChI is InChI=1S/C15H10FNO3S/c1-20-11-4-2-3-5-12(11)21-13-7-10-8(6-9(13)16)14(18)15(19)17-10/h2-7H,1H3,(H,17,18,19). The van der Waals surface area contributed by atoms with Gasteiger partial charge in [-0.25, -0.2) is 4.39 Å². The number of para-hydroxylation sites is 1. The molecule has 1 N–H and O–H groups in total. The summed E-state index contributed by atoms with van der Waals surface area (Å²) in [6, 6.07) is 9.78. The number of fused-ring (bicyclic) bond motifs is 1. The Kier molecular flexibility index (Phi) is 3.39. The number of ether oxygens (including phenoxy) is 1. The second-order valence-electron chi connectivity index (χ2n) is 4.36. The number of anilines is 1. The first kappa shape index (κ1) is 13.6. The van der Waals surface area contributed by atoms with Crippen LogP contribution in [0.4, 0.5) is 10.1 Å². The summed E-state index contributed by atoms with van der Waals surface area (Å²) in [5.74, 6) is -1.36. The molecule has 0 unspecified atom stereocenters. The summed E-state index contributed by atoms with van der Waals surface area (Å²) in [6.45, 7) is 0. The van der Waals surface area contributed by atoms with E-state index < -0.39 is 17.5 Å². The minimum atomic E-state index is -0.733. The molecule has 0 bridgehead atoms. The van der Waals surface area contributed by atoms with Crippen LogP contribution in [0, 0.1) is 5.82 Å². The highest BCUT2D eigenvalue weighted by molar-refractivity contribution is 7.99. The maximum atomic E-state index is 14.1. The van der Waals surface area contributed by atoms with Gasteiger partial charge in [-0.1, -0.05) is 23.9 Å². The van der Waals surface area contributed by atoms with Gasteiger partial charge >= 0.3 is 0 Å². The lowest BCUT2D eigenvalue weighted by Gasteiger charge is -2.09. The molecule has 0 aliphatic carbocycles. The van der Waals surface area contributed by atoms with Gasteiger partial charge in [0.15, 0.2) is 0 Å². The van der Waals surface area contributed by atoms with E-state index in [4.69, 9.17) is 4.74 Å². The van der Waals surface area contributed by atoms with Crippen LogP contribution in [0.2, 0.25) is 0 Å². The second kappa shape index (κ2) is 5.21. The number of benzene rings is 2. The van der Waals surface area contributed by atoms with Crippen molar-refractivity contribution >= 4 is 29.1 Å². The van der Waals surface area contributed by atoms with Crippen molar-refractivity contribution in [3.8, 4) is 5.75 Å². The van der Waals surface area contributed by atoms with Crippen LogP contribution in [0.15, 0.2) is 46.2 Å². The highest BCUT2D eigenvalue weighted by Crippen LogP contribution is 2.39. The van der Waals surface area contributed by atoms with Crippen LogP contribution >= 0.6 is 11.8 Å². The Bertz CT molecular complexity index is 761. The highest BCUT2D eigenvalue weighted by Gasteiger charge is 2.29. The molecule has 106 valence electrons. The maximum Gasteiger partial charge on any atom is 0.296 e. The summed E-state index contributed by atoms with van der Waals surface area (Å²) in [5, 5.41) is 2.43. The highest BCUT2D eigenvalue weighted by atomic mass is 32.2. The van der Waals surface area contributed by atoms with E-state index in [0.29, 0.717) is 16.3 Å². The van der Waals surface area contributed by atoms with Crippen molar-refractivity contribution in [2.75, 3.05) is 12.4 Å². The van der Waals surface area contributed by atoms with E-state index in [1.807, 2.05) is 12.1 Å². The van der Waals surface area contributed by atoms with E-state index in [1.54, 1.807) is 12.1 Å². The molecule has 4 nitrogen and oxygen atoms in total. The molecule has 2 aromatic rings. The Hall–Kier alpha value is -2.34. The van der Waals surface area contributed by atoms with Gasteiger partial charge in [-0.2, -0.15) is 0 Å². The SMILES string of the molecule is COc1ccccc1Sc1cc2c(cc1F)C(=O)C(=O)N2. The van der Waals surface area contributed by atoms with Gasteiger partial charge in [0.05, 0.1) is 28.2 Å². The first-order chi connectivity index (χ1) is 10.1. The number of Topliss-reactive ketones (excluding diaryl/α,β-unsaturated/α-hetero) is 1. The summed E-state index contributed by atoms with van der Waals surface area (Å²) in [6.07, 6.45) is 0. The van der Waals surface area contributed by atoms with E-state index in [2.05, 4.69) is 5.32 Å². The van der Waals surface area contributed by atoms with Gasteiger partial charge in [0.2, 0.25) is 0 Å². The predicted octanol–water partition coefficient (Wildman–Crippen LogP) is 3.12. The summed E-state index contributed by atoms with van der Waals surface area (Å²) in [4.78, 5) is 23.9. The van der Waals surface area contributed by atoms with E-state index in [9.17, 15) is 14.0 Å². The smallest absolute Gasteiger partial charge is 0.296 e. The lowest BCUT2D eigenvalue weighted by Crippen LogP contribution is -2.12. The molecular weight excluding hydrogens is 293 g/mol. The minimum Gasteiger partial charge on any atom is -0.496 e. The summed E-state index contributed by atoms with van der Waals surface area (Å²) in [5.41, 5.74) is 0.408. The number of carbonyl (C=O) groups is 2. The first-order valence-corrected chi connectivity index (χ1v) is 6.92. The van der Waals surface area contributed by atoms with Crippen molar-refractivity contribution in [3.63, 3.8) is 0 Å². The molecule has 3 rings (SSSR count). The van der Waals surface area contributed by atoms with Gasteiger partial charge in [-0.05, 0) is 24.3 Å². The Morgan fingerprint density at radius 1 is 1.14 bits per heavy atom. The average Bonchev–Trinajstić information content (AvgIpc) is 2.75. The normalized spacial score (nSPS) is 13.0. The molecule has 0 saturated heterocycles. The monoisotopic (exact) mass is 303 g/mol. The van der Waals surface area contributed by atoms with Gasteiger partial charge in [-0.3, -0.25) is 9.59 Å². The van der Waals surface area contributed by atoms with E-state index >= 15 is 0 Å². The molecule has 2 aromatic carbocycles. The van der Waals surface area contributed by atoms with Crippen LogP contribution in [0.5, 0.6) is 5.75 Å². The number of rotatable bonds is 3. The lowest BCUT2D eigenvalue weighted by atomic mass is 10.1. The van der Waals surface area contributed by atoms with Gasteiger partial charge < -0.3 is 10.1 Å². The minimum absolute atomic E-state index is 0.0712. The van der Waals surface area contributed by atoms with E-state index in [1.165, 1.54) is 24.9 Å². The number of hydrogen-bond acceptors (Lipinski definition) is 4. The van der Waals surface area contributed by atoms with Crippen LogP contribution in [-0.2, 0) is 4.79 Å². The molecule has 1 heterocycles. The summed E-state index contributed by atoms with van der Waals surface area (Å²) >= 11 is 1.17. The lowest BCUT2D eigenvalue weighted by molar-refractivity contribution is -0.112. The summed E-state index contributed by atoms with van der Waals surface area (Å²) in [7, 11) is 1.54. The molecule has 0 radical (unpaired) electrons. The third-order valence-corrected chi connectivity index (χ3v) is 4.15. The molecule has 0 spiro atoms. The molecule has 1 amide bonds. The van der Waals surface area contributed by atoms with Crippen molar-refractivity contribution in [3.05, 3.63) is 47.8 Å². The molecule has 0 saturated carbocycles. The molecule has 1 aliphatic heterocycles. The van der Waals surface area contributed by atoms with Crippen molar-refractivity contribution in [2.24, 2.45) is 0 Å². The van der Waals surface area contributed by atoms with Crippen LogP contribution in [0.3, 0.4) is 0 Å². The molecule has 6 heteroatoms. The number of methoxy groups -OCH3 is 1. The fourth-order valence-corrected chi connectivity index (χ4v) is 3.01. The van der Waals surface area contributed by atoms with Gasteiger partial charge in [0.1, 0.15) is 11.6 Å². The van der Waals surface area contributed by atoms with E-state index in [-0.39, 0.29) is 5.56 Å². The number of amides is 1. The zero-order chi connectivity index (χ0) is 15.0. The summed E-state index contributed by atoms with van der Waals surface area (Å²) < 4.78 is 19.3. The number of hydrogen-bond donors (Lipinski definition) is 1. The third kappa shape index (κ3) is 2.38. The predicted molar refractivity (Wildman–Crippen MR) is 76.5 cm³/mol.